The molecule has 2 aromatic carbocycles. The molecule has 0 spiro atoms. The third kappa shape index (κ3) is 4.33. The lowest BCUT2D eigenvalue weighted by molar-refractivity contribution is -0.115. The van der Waals surface area contributed by atoms with Crippen molar-refractivity contribution in [1.29, 1.82) is 0 Å². The Morgan fingerprint density at radius 3 is 2.33 bits per heavy atom. The van der Waals surface area contributed by atoms with E-state index in [2.05, 4.69) is 5.32 Å². The molecule has 2 rings (SSSR count). The summed E-state index contributed by atoms with van der Waals surface area (Å²) in [6, 6.07) is 17.5. The number of hydrogen-bond donors (Lipinski definition) is 2. The number of nitrogens with two attached hydrogens (primary N) is 1. The number of hydrogen-bond acceptors (Lipinski definition) is 3. The quantitative estimate of drug-likeness (QED) is 0.856. The zero-order valence-electron chi connectivity index (χ0n) is 12.3. The maximum Gasteiger partial charge on any atom is 0.243 e. The van der Waals surface area contributed by atoms with Crippen LogP contribution in [0.3, 0.4) is 0 Å². The van der Waals surface area contributed by atoms with Gasteiger partial charge in [-0.05, 0) is 36.8 Å². The van der Waals surface area contributed by atoms with Gasteiger partial charge in [-0.3, -0.25) is 4.79 Å². The maximum absolute atomic E-state index is 12.1. The number of carbonyl (C=O) groups is 1. The van der Waals surface area contributed by atoms with Gasteiger partial charge in [0.1, 0.15) is 0 Å². The highest BCUT2D eigenvalue weighted by Gasteiger charge is 2.09. The predicted octanol–water partition coefficient (Wildman–Crippen LogP) is 2.61. The highest BCUT2D eigenvalue weighted by atomic mass is 16.2. The number of benzene rings is 2. The average molecular weight is 283 g/mol. The minimum Gasteiger partial charge on any atom is -0.362 e. The van der Waals surface area contributed by atoms with Crippen LogP contribution < -0.4 is 16.0 Å². The maximum atomic E-state index is 12.1. The lowest BCUT2D eigenvalue weighted by atomic mass is 10.2. The molecule has 0 unspecified atom stereocenters. The molecule has 0 bridgehead atoms. The molecule has 0 aliphatic rings. The van der Waals surface area contributed by atoms with Gasteiger partial charge in [-0.15, -0.1) is 0 Å². The topological polar surface area (TPSA) is 58.4 Å². The predicted molar refractivity (Wildman–Crippen MR) is 87.3 cm³/mol. The fourth-order valence-electron chi connectivity index (χ4n) is 2.12. The molecule has 110 valence electrons. The molecule has 0 saturated carbocycles. The first kappa shape index (κ1) is 15.1. The molecule has 0 saturated heterocycles. The standard InChI is InChI=1S/C17H21N3O/c1-2-20(16-6-4-3-5-7-16)13-17(21)19-15-10-8-14(12-18)9-11-15/h3-11H,2,12-13,18H2,1H3,(H,19,21). The van der Waals surface area contributed by atoms with E-state index in [1.165, 1.54) is 0 Å². The fourth-order valence-corrected chi connectivity index (χ4v) is 2.12. The van der Waals surface area contributed by atoms with Crippen LogP contribution in [0.1, 0.15) is 12.5 Å². The van der Waals surface area contributed by atoms with Gasteiger partial charge >= 0.3 is 0 Å². The van der Waals surface area contributed by atoms with E-state index in [1.807, 2.05) is 66.4 Å². The Kier molecular flexibility index (Phi) is 5.35. The second-order valence-corrected chi connectivity index (χ2v) is 4.80. The van der Waals surface area contributed by atoms with Crippen molar-refractivity contribution in [3.63, 3.8) is 0 Å². The van der Waals surface area contributed by atoms with Gasteiger partial charge in [-0.2, -0.15) is 0 Å². The summed E-state index contributed by atoms with van der Waals surface area (Å²) in [6.45, 7) is 3.66. The summed E-state index contributed by atoms with van der Waals surface area (Å²) in [5.41, 5.74) is 8.45. The van der Waals surface area contributed by atoms with Crippen molar-refractivity contribution in [3.05, 3.63) is 60.2 Å². The molecule has 0 aliphatic heterocycles. The molecule has 0 aromatic heterocycles. The normalized spacial score (nSPS) is 10.2. The number of para-hydroxylation sites is 1. The molecular formula is C17H21N3O. The van der Waals surface area contributed by atoms with Crippen molar-refractivity contribution in [2.24, 2.45) is 5.73 Å². The molecule has 21 heavy (non-hydrogen) atoms. The van der Waals surface area contributed by atoms with E-state index in [0.717, 1.165) is 23.5 Å². The molecule has 4 nitrogen and oxygen atoms in total. The lowest BCUT2D eigenvalue weighted by Gasteiger charge is -2.22. The van der Waals surface area contributed by atoms with Crippen LogP contribution in [0.25, 0.3) is 0 Å². The summed E-state index contributed by atoms with van der Waals surface area (Å²) < 4.78 is 0. The van der Waals surface area contributed by atoms with Gasteiger partial charge in [0.2, 0.25) is 5.91 Å². The van der Waals surface area contributed by atoms with Crippen LogP contribution in [-0.2, 0) is 11.3 Å². The van der Waals surface area contributed by atoms with Gasteiger partial charge in [-0.25, -0.2) is 0 Å². The molecule has 0 heterocycles. The zero-order chi connectivity index (χ0) is 15.1. The number of nitrogens with zero attached hydrogens (tertiary/aromatic N) is 1. The van der Waals surface area contributed by atoms with E-state index in [-0.39, 0.29) is 5.91 Å². The van der Waals surface area contributed by atoms with E-state index in [0.29, 0.717) is 13.1 Å². The summed E-state index contributed by atoms with van der Waals surface area (Å²) in [6.07, 6.45) is 0. The first-order valence-corrected chi connectivity index (χ1v) is 7.11. The van der Waals surface area contributed by atoms with Crippen LogP contribution in [0.15, 0.2) is 54.6 Å². The molecule has 0 atom stereocenters. The van der Waals surface area contributed by atoms with E-state index in [4.69, 9.17) is 5.73 Å². The van der Waals surface area contributed by atoms with Crippen LogP contribution in [0.2, 0.25) is 0 Å². The van der Waals surface area contributed by atoms with Crippen LogP contribution in [0, 0.1) is 0 Å². The number of nitrogens with one attached hydrogen (secondary N) is 1. The highest BCUT2D eigenvalue weighted by molar-refractivity contribution is 5.94. The van der Waals surface area contributed by atoms with Crippen LogP contribution >= 0.6 is 0 Å². The van der Waals surface area contributed by atoms with Gasteiger partial charge in [0.25, 0.3) is 0 Å². The largest absolute Gasteiger partial charge is 0.362 e. The molecule has 0 radical (unpaired) electrons. The van der Waals surface area contributed by atoms with Crippen molar-refractivity contribution >= 4 is 17.3 Å². The minimum absolute atomic E-state index is 0.0267. The summed E-state index contributed by atoms with van der Waals surface area (Å²) >= 11 is 0. The Morgan fingerprint density at radius 2 is 1.76 bits per heavy atom. The van der Waals surface area contributed by atoms with Gasteiger partial charge < -0.3 is 16.0 Å². The van der Waals surface area contributed by atoms with Gasteiger partial charge in [0.15, 0.2) is 0 Å². The van der Waals surface area contributed by atoms with E-state index < -0.39 is 0 Å². The second-order valence-electron chi connectivity index (χ2n) is 4.80. The van der Waals surface area contributed by atoms with Crippen molar-refractivity contribution < 1.29 is 4.79 Å². The van der Waals surface area contributed by atoms with Gasteiger partial charge in [-0.1, -0.05) is 30.3 Å². The number of likely N-dealkylation sites (N-methyl/N-ethyl adjacent to an activating group) is 1. The highest BCUT2D eigenvalue weighted by Crippen LogP contribution is 2.13. The van der Waals surface area contributed by atoms with Crippen LogP contribution in [0.4, 0.5) is 11.4 Å². The molecule has 1 amide bonds. The number of rotatable bonds is 6. The first-order chi connectivity index (χ1) is 10.2. The first-order valence-electron chi connectivity index (χ1n) is 7.11. The lowest BCUT2D eigenvalue weighted by Crippen LogP contribution is -2.33. The Labute approximate surface area is 125 Å². The minimum atomic E-state index is -0.0267. The zero-order valence-corrected chi connectivity index (χ0v) is 12.3. The molecular weight excluding hydrogens is 262 g/mol. The number of anilines is 2. The Balaban J connectivity index is 1.96. The summed E-state index contributed by atoms with van der Waals surface area (Å²) in [5.74, 6) is -0.0267. The van der Waals surface area contributed by atoms with E-state index >= 15 is 0 Å². The van der Waals surface area contributed by atoms with Gasteiger partial charge in [0, 0.05) is 24.5 Å². The fraction of sp³-hybridized carbons (Fsp3) is 0.235. The van der Waals surface area contributed by atoms with Crippen molar-refractivity contribution in [3.8, 4) is 0 Å². The Hall–Kier alpha value is -2.33. The average Bonchev–Trinajstić information content (AvgIpc) is 2.54. The molecule has 2 aromatic rings. The molecule has 0 fully saturated rings. The second kappa shape index (κ2) is 7.45. The number of carbonyl (C=O) groups excluding carboxylic acids is 1. The Morgan fingerprint density at radius 1 is 1.10 bits per heavy atom. The molecule has 4 heteroatoms. The smallest absolute Gasteiger partial charge is 0.243 e. The SMILES string of the molecule is CCN(CC(=O)Nc1ccc(CN)cc1)c1ccccc1. The Bertz CT molecular complexity index is 566. The summed E-state index contributed by atoms with van der Waals surface area (Å²) in [7, 11) is 0. The summed E-state index contributed by atoms with van der Waals surface area (Å²) in [5, 5.41) is 2.91. The van der Waals surface area contributed by atoms with Crippen molar-refractivity contribution in [1.82, 2.24) is 0 Å². The van der Waals surface area contributed by atoms with E-state index in [1.54, 1.807) is 0 Å². The molecule has 3 N–H and O–H groups in total. The van der Waals surface area contributed by atoms with Crippen LogP contribution in [-0.4, -0.2) is 19.0 Å². The molecule has 0 aliphatic carbocycles. The third-order valence-corrected chi connectivity index (χ3v) is 3.31. The van der Waals surface area contributed by atoms with Crippen LogP contribution in [0.5, 0.6) is 0 Å². The third-order valence-electron chi connectivity index (χ3n) is 3.31. The monoisotopic (exact) mass is 283 g/mol. The van der Waals surface area contributed by atoms with Gasteiger partial charge in [0.05, 0.1) is 6.54 Å². The number of amides is 1. The van der Waals surface area contributed by atoms with Crippen molar-refractivity contribution in [2.75, 3.05) is 23.3 Å². The summed E-state index contributed by atoms with van der Waals surface area (Å²) in [4.78, 5) is 14.2. The van der Waals surface area contributed by atoms with Crippen molar-refractivity contribution in [2.45, 2.75) is 13.5 Å². The van der Waals surface area contributed by atoms with E-state index in [9.17, 15) is 4.79 Å².